The fourth-order valence-corrected chi connectivity index (χ4v) is 2.58. The Bertz CT molecular complexity index is 583. The van der Waals surface area contributed by atoms with Gasteiger partial charge in [-0.15, -0.1) is 0 Å². The van der Waals surface area contributed by atoms with E-state index in [1.807, 2.05) is 0 Å². The molecule has 0 radical (unpaired) electrons. The molecule has 1 rings (SSSR count). The summed E-state index contributed by atoms with van der Waals surface area (Å²) in [5, 5.41) is 0. The zero-order valence-corrected chi connectivity index (χ0v) is 21.5. The van der Waals surface area contributed by atoms with Crippen LogP contribution in [-0.4, -0.2) is 105 Å². The maximum Gasteiger partial charge on any atom is 0.150 e. The first-order valence-corrected chi connectivity index (χ1v) is 12.5. The minimum atomic E-state index is 0.441. The molecule has 9 heteroatoms. The van der Waals surface area contributed by atoms with Crippen LogP contribution < -0.4 is 4.74 Å². The quantitative estimate of drug-likeness (QED) is 0.141. The van der Waals surface area contributed by atoms with Crippen LogP contribution in [0.25, 0.3) is 0 Å². The topological polar surface area (TPSA) is 90.9 Å². The number of ether oxygens (including phenoxy) is 8. The molecule has 0 heterocycles. The summed E-state index contributed by atoms with van der Waals surface area (Å²) in [5.41, 5.74) is 0.624. The van der Waals surface area contributed by atoms with Crippen molar-refractivity contribution in [3.63, 3.8) is 0 Å². The lowest BCUT2D eigenvalue weighted by Gasteiger charge is -2.10. The molecule has 1 aromatic carbocycles. The van der Waals surface area contributed by atoms with Crippen LogP contribution in [0.15, 0.2) is 24.3 Å². The zero-order chi connectivity index (χ0) is 25.2. The molecule has 9 nitrogen and oxygen atoms in total. The summed E-state index contributed by atoms with van der Waals surface area (Å²) < 4.78 is 43.7. The van der Waals surface area contributed by atoms with Crippen LogP contribution in [0.2, 0.25) is 0 Å². The second kappa shape index (κ2) is 24.1. The number of carbonyl (C=O) groups is 1. The van der Waals surface area contributed by atoms with Gasteiger partial charge in [0.1, 0.15) is 18.6 Å². The number of carbonyl (C=O) groups excluding carboxylic acids is 1. The van der Waals surface area contributed by atoms with Crippen molar-refractivity contribution in [1.29, 1.82) is 0 Å². The predicted octanol–water partition coefficient (Wildman–Crippen LogP) is 3.04. The molecule has 1 aromatic rings. The lowest BCUT2D eigenvalue weighted by atomic mass is 10.1. The average molecular weight is 501 g/mol. The monoisotopic (exact) mass is 500 g/mol. The molecule has 1 unspecified atom stereocenters. The third-order valence-corrected chi connectivity index (χ3v) is 4.84. The van der Waals surface area contributed by atoms with E-state index in [1.54, 1.807) is 24.3 Å². The Morgan fingerprint density at radius 2 is 0.971 bits per heavy atom. The predicted molar refractivity (Wildman–Crippen MR) is 133 cm³/mol. The van der Waals surface area contributed by atoms with Crippen LogP contribution >= 0.6 is 0 Å². The second-order valence-electron chi connectivity index (χ2n) is 7.80. The number of hydrogen-bond donors (Lipinski definition) is 0. The van der Waals surface area contributed by atoms with E-state index >= 15 is 0 Å². The van der Waals surface area contributed by atoms with Crippen molar-refractivity contribution in [2.45, 2.75) is 20.3 Å². The average Bonchev–Trinajstić information content (AvgIpc) is 2.89. The van der Waals surface area contributed by atoms with Gasteiger partial charge >= 0.3 is 0 Å². The molecule has 0 bridgehead atoms. The molecular weight excluding hydrogens is 456 g/mol. The molecule has 0 aliphatic carbocycles. The second-order valence-corrected chi connectivity index (χ2v) is 7.80. The van der Waals surface area contributed by atoms with Crippen LogP contribution in [0, 0.1) is 5.92 Å². The zero-order valence-electron chi connectivity index (χ0n) is 21.5. The summed E-state index contributed by atoms with van der Waals surface area (Å²) in [6, 6.07) is 6.95. The van der Waals surface area contributed by atoms with Crippen molar-refractivity contribution < 1.29 is 42.7 Å². The van der Waals surface area contributed by atoms with Gasteiger partial charge in [0, 0.05) is 12.2 Å². The minimum absolute atomic E-state index is 0.441. The lowest BCUT2D eigenvalue weighted by Crippen LogP contribution is -2.15. The highest BCUT2D eigenvalue weighted by atomic mass is 16.6. The Labute approximate surface area is 210 Å². The van der Waals surface area contributed by atoms with Gasteiger partial charge in [0.15, 0.2) is 0 Å². The molecule has 35 heavy (non-hydrogen) atoms. The fourth-order valence-electron chi connectivity index (χ4n) is 2.58. The smallest absolute Gasteiger partial charge is 0.150 e. The molecule has 202 valence electrons. The van der Waals surface area contributed by atoms with Gasteiger partial charge in [0.05, 0.1) is 85.9 Å². The standard InChI is InChI=1S/C26H44O9/c1-3-24(2)23-34-19-18-32-15-14-30-11-10-28-8-9-29-12-13-31-16-17-33-20-21-35-26-6-4-25(22-27)5-7-26/h4-7,22,24H,3,8-21,23H2,1-2H3. The summed E-state index contributed by atoms with van der Waals surface area (Å²) >= 11 is 0. The van der Waals surface area contributed by atoms with Crippen LogP contribution in [0.3, 0.4) is 0 Å². The molecule has 0 saturated carbocycles. The first-order chi connectivity index (χ1) is 17.3. The van der Waals surface area contributed by atoms with E-state index in [4.69, 9.17) is 37.9 Å². The highest BCUT2D eigenvalue weighted by molar-refractivity contribution is 5.74. The third kappa shape index (κ3) is 20.3. The van der Waals surface area contributed by atoms with Gasteiger partial charge < -0.3 is 37.9 Å². The number of aldehydes is 1. The molecule has 0 saturated heterocycles. The van der Waals surface area contributed by atoms with Crippen LogP contribution in [0.5, 0.6) is 5.75 Å². The molecule has 0 aliphatic heterocycles. The van der Waals surface area contributed by atoms with Gasteiger partial charge in [-0.3, -0.25) is 4.79 Å². The summed E-state index contributed by atoms with van der Waals surface area (Å²) in [6.45, 7) is 12.5. The molecule has 0 amide bonds. The molecular formula is C26H44O9. The minimum Gasteiger partial charge on any atom is -0.491 e. The van der Waals surface area contributed by atoms with E-state index in [0.717, 1.165) is 19.3 Å². The first-order valence-electron chi connectivity index (χ1n) is 12.5. The van der Waals surface area contributed by atoms with Gasteiger partial charge in [-0.1, -0.05) is 20.3 Å². The van der Waals surface area contributed by atoms with Gasteiger partial charge in [-0.25, -0.2) is 0 Å². The van der Waals surface area contributed by atoms with Crippen LogP contribution in [0.4, 0.5) is 0 Å². The van der Waals surface area contributed by atoms with E-state index < -0.39 is 0 Å². The van der Waals surface area contributed by atoms with Crippen molar-refractivity contribution in [2.24, 2.45) is 5.92 Å². The first kappa shape index (κ1) is 31.4. The van der Waals surface area contributed by atoms with E-state index in [0.29, 0.717) is 110 Å². The highest BCUT2D eigenvalue weighted by Crippen LogP contribution is 2.10. The molecule has 0 aliphatic rings. The number of hydrogen-bond acceptors (Lipinski definition) is 9. The fraction of sp³-hybridized carbons (Fsp3) is 0.731. The molecule has 0 spiro atoms. The van der Waals surface area contributed by atoms with Crippen molar-refractivity contribution >= 4 is 6.29 Å². The molecule has 0 fully saturated rings. The molecule has 0 N–H and O–H groups in total. The van der Waals surface area contributed by atoms with Gasteiger partial charge in [0.2, 0.25) is 0 Å². The molecule has 1 atom stereocenters. The summed E-state index contributed by atoms with van der Waals surface area (Å²) in [5.74, 6) is 1.31. The summed E-state index contributed by atoms with van der Waals surface area (Å²) in [6.07, 6.45) is 1.93. The maximum atomic E-state index is 10.6. The van der Waals surface area contributed by atoms with Gasteiger partial charge in [-0.2, -0.15) is 0 Å². The Morgan fingerprint density at radius 1 is 0.600 bits per heavy atom. The normalized spacial score (nSPS) is 12.1. The summed E-state index contributed by atoms with van der Waals surface area (Å²) in [7, 11) is 0. The Kier molecular flexibility index (Phi) is 21.7. The van der Waals surface area contributed by atoms with Gasteiger partial charge in [-0.05, 0) is 30.2 Å². The van der Waals surface area contributed by atoms with Crippen molar-refractivity contribution in [3.8, 4) is 5.75 Å². The van der Waals surface area contributed by atoms with E-state index in [-0.39, 0.29) is 0 Å². The SMILES string of the molecule is CCC(C)COCCOCCOCCOCCOCCOCCOCCOc1ccc(C=O)cc1. The van der Waals surface area contributed by atoms with E-state index in [2.05, 4.69) is 13.8 Å². The van der Waals surface area contributed by atoms with E-state index in [1.165, 1.54) is 0 Å². The Balaban J connectivity index is 1.69. The Morgan fingerprint density at radius 3 is 1.34 bits per heavy atom. The lowest BCUT2D eigenvalue weighted by molar-refractivity contribution is -0.0221. The maximum absolute atomic E-state index is 10.6. The van der Waals surface area contributed by atoms with Crippen LogP contribution in [-0.2, 0) is 33.2 Å². The van der Waals surface area contributed by atoms with Gasteiger partial charge in [0.25, 0.3) is 0 Å². The number of rotatable bonds is 26. The number of benzene rings is 1. The largest absolute Gasteiger partial charge is 0.491 e. The Hall–Kier alpha value is -1.59. The van der Waals surface area contributed by atoms with E-state index in [9.17, 15) is 4.79 Å². The van der Waals surface area contributed by atoms with Crippen molar-refractivity contribution in [3.05, 3.63) is 29.8 Å². The third-order valence-electron chi connectivity index (χ3n) is 4.84. The van der Waals surface area contributed by atoms with Crippen LogP contribution in [0.1, 0.15) is 30.6 Å². The summed E-state index contributed by atoms with van der Waals surface area (Å²) in [4.78, 5) is 10.6. The highest BCUT2D eigenvalue weighted by Gasteiger charge is 1.99. The van der Waals surface area contributed by atoms with Crippen molar-refractivity contribution in [2.75, 3.05) is 99.1 Å². The van der Waals surface area contributed by atoms with Crippen molar-refractivity contribution in [1.82, 2.24) is 0 Å². The molecule has 0 aromatic heterocycles.